The highest BCUT2D eigenvalue weighted by atomic mass is 32.2. The van der Waals surface area contributed by atoms with E-state index in [1.807, 2.05) is 11.8 Å². The molecule has 1 aromatic rings. The summed E-state index contributed by atoms with van der Waals surface area (Å²) >= 11 is 1.88. The van der Waals surface area contributed by atoms with Crippen LogP contribution in [0.1, 0.15) is 17.5 Å². The average Bonchev–Trinajstić information content (AvgIpc) is 2.36. The van der Waals surface area contributed by atoms with Crippen molar-refractivity contribution >= 4 is 11.8 Å². The molecule has 0 unspecified atom stereocenters. The lowest BCUT2D eigenvalue weighted by atomic mass is 9.99. The third-order valence-corrected chi connectivity index (χ3v) is 4.04. The Bertz CT molecular complexity index is 354. The molecule has 1 aromatic carbocycles. The monoisotopic (exact) mass is 250 g/mol. The van der Waals surface area contributed by atoms with Crippen LogP contribution in [-0.2, 0) is 13.0 Å². The Balaban J connectivity index is 1.85. The van der Waals surface area contributed by atoms with Gasteiger partial charge in [0.25, 0.3) is 0 Å². The van der Waals surface area contributed by atoms with E-state index in [-0.39, 0.29) is 0 Å². The fraction of sp³-hybridized carbons (Fsp3) is 0.571. The third-order valence-electron chi connectivity index (χ3n) is 3.40. The maximum atomic E-state index is 6.16. The van der Waals surface area contributed by atoms with Crippen molar-refractivity contribution < 1.29 is 0 Å². The number of nitrogens with zero attached hydrogens (tertiary/aromatic N) is 1. The largest absolute Gasteiger partial charge is 0.327 e. The van der Waals surface area contributed by atoms with Crippen LogP contribution in [0.25, 0.3) is 0 Å². The Labute approximate surface area is 109 Å². The lowest BCUT2D eigenvalue weighted by Gasteiger charge is -2.30. The number of nitrogens with two attached hydrogens (primary N) is 1. The van der Waals surface area contributed by atoms with Gasteiger partial charge in [0.15, 0.2) is 0 Å². The number of hydrogen-bond acceptors (Lipinski definition) is 3. The average molecular weight is 250 g/mol. The Morgan fingerprint density at radius 1 is 1.35 bits per heavy atom. The first-order valence-electron chi connectivity index (χ1n) is 6.33. The van der Waals surface area contributed by atoms with Gasteiger partial charge in [0.2, 0.25) is 0 Å². The van der Waals surface area contributed by atoms with E-state index < -0.39 is 0 Å². The van der Waals surface area contributed by atoms with Gasteiger partial charge in [-0.25, -0.2) is 0 Å². The van der Waals surface area contributed by atoms with Gasteiger partial charge in [-0.2, -0.15) is 11.8 Å². The van der Waals surface area contributed by atoms with E-state index in [0.29, 0.717) is 6.04 Å². The number of thioether (sulfide) groups is 1. The van der Waals surface area contributed by atoms with E-state index in [9.17, 15) is 0 Å². The fourth-order valence-electron chi connectivity index (χ4n) is 2.40. The number of benzene rings is 1. The molecule has 0 amide bonds. The summed E-state index contributed by atoms with van der Waals surface area (Å²) < 4.78 is 0. The predicted octanol–water partition coefficient (Wildman–Crippen LogP) is 2.13. The van der Waals surface area contributed by atoms with Gasteiger partial charge in [0, 0.05) is 25.7 Å². The second kappa shape index (κ2) is 6.43. The van der Waals surface area contributed by atoms with Crippen molar-refractivity contribution in [2.45, 2.75) is 25.4 Å². The van der Waals surface area contributed by atoms with Crippen molar-refractivity contribution in [2.24, 2.45) is 5.73 Å². The number of rotatable bonds is 5. The van der Waals surface area contributed by atoms with Gasteiger partial charge in [-0.3, -0.25) is 4.90 Å². The molecule has 17 heavy (non-hydrogen) atoms. The molecule has 1 atom stereocenters. The smallest absolute Gasteiger partial charge is 0.0237 e. The van der Waals surface area contributed by atoms with Crippen LogP contribution in [0.5, 0.6) is 0 Å². The molecule has 2 N–H and O–H groups in total. The van der Waals surface area contributed by atoms with Gasteiger partial charge in [-0.05, 0) is 36.0 Å². The first-order chi connectivity index (χ1) is 8.29. The normalized spacial score (nSPS) is 17.8. The fourth-order valence-corrected chi connectivity index (χ4v) is 2.94. The molecule has 3 heteroatoms. The number of hydrogen-bond donors (Lipinski definition) is 1. The van der Waals surface area contributed by atoms with Crippen LogP contribution in [0.3, 0.4) is 0 Å². The molecule has 0 aromatic heterocycles. The topological polar surface area (TPSA) is 29.3 Å². The molecule has 0 aliphatic carbocycles. The van der Waals surface area contributed by atoms with Gasteiger partial charge >= 0.3 is 0 Å². The van der Waals surface area contributed by atoms with Crippen LogP contribution in [0.15, 0.2) is 24.3 Å². The van der Waals surface area contributed by atoms with E-state index in [2.05, 4.69) is 35.4 Å². The molecule has 1 aliphatic rings. The molecule has 94 valence electrons. The minimum atomic E-state index is 0.327. The zero-order chi connectivity index (χ0) is 12.1. The maximum Gasteiger partial charge on any atom is 0.0237 e. The maximum absolute atomic E-state index is 6.16. The predicted molar refractivity (Wildman–Crippen MR) is 76.4 cm³/mol. The van der Waals surface area contributed by atoms with Crippen molar-refractivity contribution in [1.29, 1.82) is 0 Å². The highest BCUT2D eigenvalue weighted by Gasteiger charge is 2.17. The van der Waals surface area contributed by atoms with Crippen molar-refractivity contribution in [1.82, 2.24) is 4.90 Å². The molecular weight excluding hydrogens is 228 g/mol. The molecule has 0 fully saturated rings. The molecule has 2 rings (SSSR count). The van der Waals surface area contributed by atoms with Crippen molar-refractivity contribution in [3.8, 4) is 0 Å². The molecule has 1 heterocycles. The standard InChI is InChI=1S/C14H22N2S/c1-17-9-7-14(15)11-16-8-6-12-4-2-3-5-13(12)10-16/h2-5,14H,6-11,15H2,1H3/t14-/m0/s1. The van der Waals surface area contributed by atoms with Gasteiger partial charge in [-0.1, -0.05) is 24.3 Å². The van der Waals surface area contributed by atoms with Gasteiger partial charge in [-0.15, -0.1) is 0 Å². The summed E-state index contributed by atoms with van der Waals surface area (Å²) in [5.74, 6) is 1.17. The summed E-state index contributed by atoms with van der Waals surface area (Å²) in [4.78, 5) is 2.49. The zero-order valence-corrected chi connectivity index (χ0v) is 11.4. The number of fused-ring (bicyclic) bond motifs is 1. The van der Waals surface area contributed by atoms with Crippen molar-refractivity contribution in [3.05, 3.63) is 35.4 Å². The molecule has 0 spiro atoms. The van der Waals surface area contributed by atoms with Crippen LogP contribution in [0.2, 0.25) is 0 Å². The van der Waals surface area contributed by atoms with Crippen LogP contribution >= 0.6 is 11.8 Å². The van der Waals surface area contributed by atoms with Crippen LogP contribution in [-0.4, -0.2) is 36.0 Å². The highest BCUT2D eigenvalue weighted by Crippen LogP contribution is 2.18. The van der Waals surface area contributed by atoms with Crippen LogP contribution < -0.4 is 5.73 Å². The first kappa shape index (κ1) is 12.9. The summed E-state index contributed by atoms with van der Waals surface area (Å²) in [6, 6.07) is 9.09. The van der Waals surface area contributed by atoms with Gasteiger partial charge in [0.05, 0.1) is 0 Å². The third kappa shape index (κ3) is 3.73. The van der Waals surface area contributed by atoms with Gasteiger partial charge in [0.1, 0.15) is 0 Å². The highest BCUT2D eigenvalue weighted by molar-refractivity contribution is 7.98. The van der Waals surface area contributed by atoms with Gasteiger partial charge < -0.3 is 5.73 Å². The molecule has 0 saturated carbocycles. The van der Waals surface area contributed by atoms with E-state index in [1.165, 1.54) is 23.3 Å². The van der Waals surface area contributed by atoms with E-state index >= 15 is 0 Å². The lowest BCUT2D eigenvalue weighted by molar-refractivity contribution is 0.237. The van der Waals surface area contributed by atoms with Crippen molar-refractivity contribution in [3.63, 3.8) is 0 Å². The van der Waals surface area contributed by atoms with Crippen LogP contribution in [0.4, 0.5) is 0 Å². The summed E-state index contributed by atoms with van der Waals surface area (Å²) in [5.41, 5.74) is 9.15. The molecular formula is C14H22N2S. The van der Waals surface area contributed by atoms with Crippen molar-refractivity contribution in [2.75, 3.05) is 25.1 Å². The molecule has 0 saturated heterocycles. The summed E-state index contributed by atoms with van der Waals surface area (Å²) in [5, 5.41) is 0. The molecule has 2 nitrogen and oxygen atoms in total. The molecule has 1 aliphatic heterocycles. The summed E-state index contributed by atoms with van der Waals surface area (Å²) in [6.45, 7) is 3.27. The van der Waals surface area contributed by atoms with E-state index in [1.54, 1.807) is 0 Å². The Morgan fingerprint density at radius 2 is 2.12 bits per heavy atom. The summed E-state index contributed by atoms with van der Waals surface area (Å²) in [6.07, 6.45) is 4.44. The quantitative estimate of drug-likeness (QED) is 0.868. The zero-order valence-electron chi connectivity index (χ0n) is 10.6. The SMILES string of the molecule is CSCC[C@H](N)CN1CCc2ccccc2C1. The Morgan fingerprint density at radius 3 is 2.88 bits per heavy atom. The molecule has 0 radical (unpaired) electrons. The van der Waals surface area contributed by atoms with E-state index in [4.69, 9.17) is 5.73 Å². The minimum absolute atomic E-state index is 0.327. The van der Waals surface area contributed by atoms with E-state index in [0.717, 1.165) is 26.1 Å². The Hall–Kier alpha value is -0.510. The first-order valence-corrected chi connectivity index (χ1v) is 7.72. The second-order valence-electron chi connectivity index (χ2n) is 4.80. The second-order valence-corrected chi connectivity index (χ2v) is 5.78. The lowest BCUT2D eigenvalue weighted by Crippen LogP contribution is -2.40. The Kier molecular flexibility index (Phi) is 4.89. The molecule has 0 bridgehead atoms. The van der Waals surface area contributed by atoms with Crippen LogP contribution in [0, 0.1) is 0 Å². The minimum Gasteiger partial charge on any atom is -0.327 e. The summed E-state index contributed by atoms with van der Waals surface area (Å²) in [7, 11) is 0.